The predicted molar refractivity (Wildman–Crippen MR) is 96.6 cm³/mol. The largest absolute Gasteiger partial charge is 0.422 e. The molecular formula is C19H19N5O. The Labute approximate surface area is 145 Å². The Balaban J connectivity index is 1.49. The number of rotatable bonds is 4. The fourth-order valence-electron chi connectivity index (χ4n) is 3.32. The van der Waals surface area contributed by atoms with Crippen molar-refractivity contribution >= 4 is 23.0 Å². The molecule has 0 spiro atoms. The van der Waals surface area contributed by atoms with Gasteiger partial charge in [0.2, 0.25) is 11.6 Å². The van der Waals surface area contributed by atoms with Crippen LogP contribution in [0.3, 0.4) is 0 Å². The molecule has 0 saturated heterocycles. The first kappa shape index (κ1) is 15.5. The van der Waals surface area contributed by atoms with E-state index in [1.165, 1.54) is 19.3 Å². The van der Waals surface area contributed by atoms with Crippen LogP contribution < -0.4 is 5.43 Å². The maximum Gasteiger partial charge on any atom is 0.252 e. The third kappa shape index (κ3) is 3.26. The minimum absolute atomic E-state index is 0.262. The number of oxazole rings is 1. The first-order chi connectivity index (χ1) is 12.3. The Hall–Kier alpha value is -3.07. The zero-order chi connectivity index (χ0) is 17.1. The van der Waals surface area contributed by atoms with Crippen LogP contribution in [0.2, 0.25) is 0 Å². The second kappa shape index (κ2) is 6.81. The highest BCUT2D eigenvalue weighted by molar-refractivity contribution is 5.88. The molecule has 1 aliphatic rings. The molecule has 1 aliphatic carbocycles. The van der Waals surface area contributed by atoms with Gasteiger partial charge < -0.3 is 9.40 Å². The van der Waals surface area contributed by atoms with Crippen molar-refractivity contribution in [3.63, 3.8) is 0 Å². The van der Waals surface area contributed by atoms with Gasteiger partial charge >= 0.3 is 0 Å². The van der Waals surface area contributed by atoms with Gasteiger partial charge in [0.25, 0.3) is 5.88 Å². The second-order valence-electron chi connectivity index (χ2n) is 6.37. The minimum Gasteiger partial charge on any atom is -0.422 e. The molecule has 126 valence electrons. The Kier molecular flexibility index (Phi) is 4.21. The van der Waals surface area contributed by atoms with Crippen molar-refractivity contribution < 1.29 is 4.42 Å². The van der Waals surface area contributed by atoms with Gasteiger partial charge in [0, 0.05) is 17.6 Å². The number of benzene rings is 1. The molecule has 2 aromatic heterocycles. The summed E-state index contributed by atoms with van der Waals surface area (Å²) in [7, 11) is 0. The lowest BCUT2D eigenvalue weighted by molar-refractivity contribution is 0.367. The number of anilines is 1. The van der Waals surface area contributed by atoms with Gasteiger partial charge in [0.15, 0.2) is 0 Å². The van der Waals surface area contributed by atoms with Crippen molar-refractivity contribution in [2.75, 3.05) is 5.43 Å². The SMILES string of the molecule is N#Cc1nc(C2CCCCC2)oc1N/N=C/c1ccc2cc[nH]c2c1. The van der Waals surface area contributed by atoms with E-state index in [9.17, 15) is 5.26 Å². The zero-order valence-corrected chi connectivity index (χ0v) is 13.8. The number of hydrazone groups is 1. The smallest absolute Gasteiger partial charge is 0.252 e. The van der Waals surface area contributed by atoms with Crippen LogP contribution >= 0.6 is 0 Å². The topological polar surface area (TPSA) is 90.0 Å². The van der Waals surface area contributed by atoms with Crippen molar-refractivity contribution in [3.05, 3.63) is 47.6 Å². The van der Waals surface area contributed by atoms with E-state index < -0.39 is 0 Å². The van der Waals surface area contributed by atoms with E-state index in [-0.39, 0.29) is 5.69 Å². The van der Waals surface area contributed by atoms with Gasteiger partial charge in [-0.05, 0) is 35.9 Å². The van der Waals surface area contributed by atoms with Gasteiger partial charge in [0.1, 0.15) is 6.07 Å². The van der Waals surface area contributed by atoms with E-state index in [2.05, 4.69) is 26.6 Å². The van der Waals surface area contributed by atoms with Crippen LogP contribution in [0, 0.1) is 11.3 Å². The van der Waals surface area contributed by atoms with Crippen LogP contribution in [0.4, 0.5) is 5.88 Å². The van der Waals surface area contributed by atoms with E-state index in [0.717, 1.165) is 29.3 Å². The normalized spacial score (nSPS) is 15.6. The van der Waals surface area contributed by atoms with E-state index >= 15 is 0 Å². The summed E-state index contributed by atoms with van der Waals surface area (Å²) in [5.41, 5.74) is 5.09. The quantitative estimate of drug-likeness (QED) is 0.542. The fraction of sp³-hybridized carbons (Fsp3) is 0.316. The van der Waals surface area contributed by atoms with E-state index in [0.29, 0.717) is 17.7 Å². The maximum absolute atomic E-state index is 9.27. The monoisotopic (exact) mass is 333 g/mol. The number of H-pyrrole nitrogens is 1. The van der Waals surface area contributed by atoms with Crippen molar-refractivity contribution in [1.29, 1.82) is 5.26 Å². The molecule has 0 unspecified atom stereocenters. The van der Waals surface area contributed by atoms with Gasteiger partial charge in [-0.2, -0.15) is 10.4 Å². The summed E-state index contributed by atoms with van der Waals surface area (Å²) < 4.78 is 5.78. The molecule has 2 N–H and O–H groups in total. The second-order valence-corrected chi connectivity index (χ2v) is 6.37. The molecule has 25 heavy (non-hydrogen) atoms. The highest BCUT2D eigenvalue weighted by atomic mass is 16.4. The van der Waals surface area contributed by atoms with E-state index in [4.69, 9.17) is 4.42 Å². The van der Waals surface area contributed by atoms with Crippen molar-refractivity contribution in [1.82, 2.24) is 9.97 Å². The number of nitrogens with zero attached hydrogens (tertiary/aromatic N) is 3. The lowest BCUT2D eigenvalue weighted by Gasteiger charge is -2.17. The number of fused-ring (bicyclic) bond motifs is 1. The fourth-order valence-corrected chi connectivity index (χ4v) is 3.32. The molecule has 4 rings (SSSR count). The molecule has 6 heteroatoms. The highest BCUT2D eigenvalue weighted by Crippen LogP contribution is 2.34. The van der Waals surface area contributed by atoms with Crippen molar-refractivity contribution in [2.24, 2.45) is 5.10 Å². The molecule has 6 nitrogen and oxygen atoms in total. The number of aromatic nitrogens is 2. The molecule has 2 heterocycles. The van der Waals surface area contributed by atoms with Gasteiger partial charge in [0.05, 0.1) is 6.21 Å². The maximum atomic E-state index is 9.27. The lowest BCUT2D eigenvalue weighted by atomic mass is 9.89. The van der Waals surface area contributed by atoms with Crippen molar-refractivity contribution in [2.45, 2.75) is 38.0 Å². The minimum atomic E-state index is 0.262. The van der Waals surface area contributed by atoms with Gasteiger partial charge in [-0.15, -0.1) is 0 Å². The van der Waals surface area contributed by atoms with Crippen molar-refractivity contribution in [3.8, 4) is 6.07 Å². The average molecular weight is 333 g/mol. The van der Waals surface area contributed by atoms with E-state index in [1.807, 2.05) is 30.5 Å². The van der Waals surface area contributed by atoms with Crippen LogP contribution in [-0.2, 0) is 0 Å². The molecule has 1 saturated carbocycles. The summed E-state index contributed by atoms with van der Waals surface area (Å²) in [6, 6.07) is 10.1. The number of hydrogen-bond acceptors (Lipinski definition) is 5. The molecule has 0 bridgehead atoms. The van der Waals surface area contributed by atoms with Gasteiger partial charge in [-0.25, -0.2) is 10.4 Å². The molecule has 0 atom stereocenters. The summed E-state index contributed by atoms with van der Waals surface area (Å²) in [4.78, 5) is 7.52. The third-order valence-corrected chi connectivity index (χ3v) is 4.66. The third-order valence-electron chi connectivity index (χ3n) is 4.66. The predicted octanol–water partition coefficient (Wildman–Crippen LogP) is 4.52. The number of hydrogen-bond donors (Lipinski definition) is 2. The van der Waals surface area contributed by atoms with Gasteiger partial charge in [-0.3, -0.25) is 0 Å². The standard InChI is InChI=1S/C19H19N5O/c20-11-17-19(25-18(23-17)15-4-2-1-3-5-15)24-22-12-13-6-7-14-8-9-21-16(14)10-13/h6-10,12,15,21,24H,1-5H2/b22-12+. The Bertz CT molecular complexity index is 940. The Morgan fingerprint density at radius 1 is 1.28 bits per heavy atom. The summed E-state index contributed by atoms with van der Waals surface area (Å²) in [5.74, 6) is 1.29. The Morgan fingerprint density at radius 2 is 2.16 bits per heavy atom. The molecular weight excluding hydrogens is 314 g/mol. The molecule has 0 aliphatic heterocycles. The molecule has 0 amide bonds. The molecule has 0 radical (unpaired) electrons. The summed E-state index contributed by atoms with van der Waals surface area (Å²) in [6.45, 7) is 0. The zero-order valence-electron chi connectivity index (χ0n) is 13.8. The summed E-state index contributed by atoms with van der Waals surface area (Å²) >= 11 is 0. The van der Waals surface area contributed by atoms with Crippen LogP contribution in [0.1, 0.15) is 55.2 Å². The summed E-state index contributed by atoms with van der Waals surface area (Å²) in [6.07, 6.45) is 9.40. The molecule has 1 fully saturated rings. The summed E-state index contributed by atoms with van der Waals surface area (Å²) in [5, 5.41) is 14.6. The van der Waals surface area contributed by atoms with Crippen LogP contribution in [-0.4, -0.2) is 16.2 Å². The van der Waals surface area contributed by atoms with Crippen LogP contribution in [0.5, 0.6) is 0 Å². The number of nitrogens with one attached hydrogen (secondary N) is 2. The van der Waals surface area contributed by atoms with Gasteiger partial charge in [-0.1, -0.05) is 31.4 Å². The first-order valence-corrected chi connectivity index (χ1v) is 8.60. The average Bonchev–Trinajstić information content (AvgIpc) is 3.28. The number of nitriles is 1. The Morgan fingerprint density at radius 3 is 3.00 bits per heavy atom. The van der Waals surface area contributed by atoms with E-state index in [1.54, 1.807) is 6.21 Å². The highest BCUT2D eigenvalue weighted by Gasteiger charge is 2.23. The first-order valence-electron chi connectivity index (χ1n) is 8.60. The lowest BCUT2D eigenvalue weighted by Crippen LogP contribution is -2.04. The molecule has 3 aromatic rings. The molecule has 1 aromatic carbocycles. The number of aromatic amines is 1. The van der Waals surface area contributed by atoms with Crippen LogP contribution in [0.15, 0.2) is 40.0 Å². The van der Waals surface area contributed by atoms with Crippen LogP contribution in [0.25, 0.3) is 10.9 Å².